The van der Waals surface area contributed by atoms with E-state index in [0.717, 1.165) is 0 Å². The van der Waals surface area contributed by atoms with Crippen molar-refractivity contribution < 1.29 is 23.8 Å². The summed E-state index contributed by atoms with van der Waals surface area (Å²) < 4.78 is 18.1. The summed E-state index contributed by atoms with van der Waals surface area (Å²) in [5, 5.41) is 14.8. The molecule has 0 aliphatic carbocycles. The van der Waals surface area contributed by atoms with E-state index in [4.69, 9.17) is 19.3 Å². The van der Waals surface area contributed by atoms with Crippen LogP contribution in [0.5, 0.6) is 11.6 Å². The molecule has 3 aromatic rings. The maximum absolute atomic E-state index is 13.0. The van der Waals surface area contributed by atoms with Crippen LogP contribution in [-0.4, -0.2) is 57.0 Å². The molecule has 0 radical (unpaired) electrons. The molecule has 0 bridgehead atoms. The van der Waals surface area contributed by atoms with Gasteiger partial charge in [0.05, 0.1) is 12.6 Å². The van der Waals surface area contributed by atoms with Gasteiger partial charge in [-0.05, 0) is 70.9 Å². The normalized spacial score (nSPS) is 15.4. The molecule has 38 heavy (non-hydrogen) atoms. The number of amides is 1. The Morgan fingerprint density at radius 1 is 1.16 bits per heavy atom. The Morgan fingerprint density at radius 3 is 2.55 bits per heavy atom. The molecule has 1 aliphatic rings. The van der Waals surface area contributed by atoms with Gasteiger partial charge in [-0.15, -0.1) is 0 Å². The maximum Gasteiger partial charge on any atom is 0.410 e. The summed E-state index contributed by atoms with van der Waals surface area (Å²) in [4.78, 5) is 31.5. The Morgan fingerprint density at radius 2 is 1.92 bits per heavy atom. The number of carbonyl (C=O) groups excluding carboxylic acids is 2. The molecule has 2 aromatic heterocycles. The zero-order valence-corrected chi connectivity index (χ0v) is 22.0. The lowest BCUT2D eigenvalue weighted by molar-refractivity contribution is 0.0165. The van der Waals surface area contributed by atoms with Crippen molar-refractivity contribution >= 4 is 12.1 Å². The Labute approximate surface area is 221 Å². The minimum Gasteiger partial charge on any atom is -0.461 e. The molecule has 1 saturated heterocycles. The number of nitrogens with zero attached hydrogens (tertiary/aromatic N) is 5. The lowest BCUT2D eigenvalue weighted by Gasteiger charge is -2.34. The third-order valence-electron chi connectivity index (χ3n) is 5.87. The number of piperidine rings is 1. The Kier molecular flexibility index (Phi) is 7.96. The highest BCUT2D eigenvalue weighted by Gasteiger charge is 2.34. The van der Waals surface area contributed by atoms with Crippen LogP contribution in [-0.2, 0) is 9.47 Å². The lowest BCUT2D eigenvalue weighted by Crippen LogP contribution is -2.44. The van der Waals surface area contributed by atoms with Gasteiger partial charge in [-0.1, -0.05) is 6.07 Å². The van der Waals surface area contributed by atoms with Gasteiger partial charge in [-0.2, -0.15) is 10.4 Å². The number of hydrogen-bond donors (Lipinski definition) is 0. The first-order valence-corrected chi connectivity index (χ1v) is 12.6. The van der Waals surface area contributed by atoms with E-state index in [-0.39, 0.29) is 23.9 Å². The first kappa shape index (κ1) is 26.7. The van der Waals surface area contributed by atoms with Crippen LogP contribution in [0, 0.1) is 11.3 Å². The molecule has 10 nitrogen and oxygen atoms in total. The number of ether oxygens (including phenoxy) is 3. The molecule has 0 saturated carbocycles. The van der Waals surface area contributed by atoms with Crippen LogP contribution < -0.4 is 4.74 Å². The van der Waals surface area contributed by atoms with Crippen LogP contribution in [0.3, 0.4) is 0 Å². The topological polar surface area (TPSA) is 120 Å². The third kappa shape index (κ3) is 6.11. The summed E-state index contributed by atoms with van der Waals surface area (Å²) in [5.41, 5.74) is 0.568. The molecular weight excluding hydrogens is 486 g/mol. The number of aromatic nitrogens is 3. The summed E-state index contributed by atoms with van der Waals surface area (Å²) >= 11 is 0. The van der Waals surface area contributed by atoms with E-state index in [1.165, 1.54) is 0 Å². The van der Waals surface area contributed by atoms with E-state index in [1.807, 2.05) is 26.8 Å². The number of likely N-dealkylation sites (tertiary alicyclic amines) is 1. The van der Waals surface area contributed by atoms with Crippen molar-refractivity contribution in [1.82, 2.24) is 19.7 Å². The summed E-state index contributed by atoms with van der Waals surface area (Å²) in [5.74, 6) is 0.391. The van der Waals surface area contributed by atoms with E-state index in [0.29, 0.717) is 48.8 Å². The molecule has 4 rings (SSSR count). The van der Waals surface area contributed by atoms with Crippen molar-refractivity contribution in [2.45, 2.75) is 52.2 Å². The predicted molar refractivity (Wildman–Crippen MR) is 139 cm³/mol. The molecule has 3 heterocycles. The van der Waals surface area contributed by atoms with E-state index in [1.54, 1.807) is 59.1 Å². The van der Waals surface area contributed by atoms with Crippen LogP contribution in [0.1, 0.15) is 62.6 Å². The predicted octanol–water partition coefficient (Wildman–Crippen LogP) is 5.36. The average molecular weight is 518 g/mol. The maximum atomic E-state index is 13.0. The fraction of sp³-hybridized carbons (Fsp3) is 0.393. The third-order valence-corrected chi connectivity index (χ3v) is 5.87. The molecule has 1 aliphatic heterocycles. The first-order chi connectivity index (χ1) is 18.2. The number of nitriles is 1. The highest BCUT2D eigenvalue weighted by atomic mass is 16.6. The molecule has 0 N–H and O–H groups in total. The zero-order valence-electron chi connectivity index (χ0n) is 22.0. The number of rotatable bonds is 6. The molecule has 0 spiro atoms. The number of pyridine rings is 1. The molecule has 1 aromatic carbocycles. The van der Waals surface area contributed by atoms with E-state index < -0.39 is 17.7 Å². The SMILES string of the molecule is CCOC(=O)c1c(C#N)c(-c2ccc(Oc3ccccn3)cc2)nn1[C@@H]1CCCN(C(=O)OC(C)(C)C)C1. The van der Waals surface area contributed by atoms with Crippen LogP contribution in [0.15, 0.2) is 48.7 Å². The van der Waals surface area contributed by atoms with Gasteiger partial charge < -0.3 is 19.1 Å². The number of carbonyl (C=O) groups is 2. The van der Waals surface area contributed by atoms with Crippen LogP contribution >= 0.6 is 0 Å². The average Bonchev–Trinajstić information content (AvgIpc) is 3.29. The fourth-order valence-corrected chi connectivity index (χ4v) is 4.26. The van der Waals surface area contributed by atoms with Gasteiger partial charge in [0.2, 0.25) is 5.88 Å². The smallest absolute Gasteiger partial charge is 0.410 e. The quantitative estimate of drug-likeness (QED) is 0.401. The highest BCUT2D eigenvalue weighted by Crippen LogP contribution is 2.32. The second-order valence-corrected chi connectivity index (χ2v) is 9.87. The monoisotopic (exact) mass is 517 g/mol. The lowest BCUT2D eigenvalue weighted by atomic mass is 10.0. The number of benzene rings is 1. The van der Waals surface area contributed by atoms with Crippen LogP contribution in [0.25, 0.3) is 11.3 Å². The van der Waals surface area contributed by atoms with Crippen molar-refractivity contribution in [3.63, 3.8) is 0 Å². The Hall–Kier alpha value is -4.39. The van der Waals surface area contributed by atoms with Gasteiger partial charge >= 0.3 is 12.1 Å². The van der Waals surface area contributed by atoms with Crippen molar-refractivity contribution in [2.24, 2.45) is 0 Å². The van der Waals surface area contributed by atoms with Crippen LogP contribution in [0.2, 0.25) is 0 Å². The zero-order chi connectivity index (χ0) is 27.3. The minimum atomic E-state index is -0.632. The second-order valence-electron chi connectivity index (χ2n) is 9.87. The summed E-state index contributed by atoms with van der Waals surface area (Å²) in [6.07, 6.45) is 2.59. The van der Waals surface area contributed by atoms with Gasteiger partial charge in [0.15, 0.2) is 5.69 Å². The van der Waals surface area contributed by atoms with Gasteiger partial charge in [0.1, 0.15) is 28.7 Å². The van der Waals surface area contributed by atoms with Gasteiger partial charge in [0, 0.05) is 30.9 Å². The molecule has 1 amide bonds. The van der Waals surface area contributed by atoms with Crippen molar-refractivity contribution in [2.75, 3.05) is 19.7 Å². The van der Waals surface area contributed by atoms with E-state index >= 15 is 0 Å². The second kappa shape index (κ2) is 11.3. The molecule has 198 valence electrons. The summed E-state index contributed by atoms with van der Waals surface area (Å²) in [6, 6.07) is 14.2. The highest BCUT2D eigenvalue weighted by molar-refractivity contribution is 5.93. The summed E-state index contributed by atoms with van der Waals surface area (Å²) in [6.45, 7) is 8.14. The standard InChI is InChI=1S/C28H31N5O5/c1-5-36-26(34)25-22(17-29)24(19-11-13-21(14-12-19)37-23-10-6-7-15-30-23)31-33(25)20-9-8-16-32(18-20)27(35)38-28(2,3)4/h6-7,10-15,20H,5,8-9,16,18H2,1-4H3/t20-/m1/s1. The largest absolute Gasteiger partial charge is 0.461 e. The summed E-state index contributed by atoms with van der Waals surface area (Å²) in [7, 11) is 0. The van der Waals surface area contributed by atoms with Crippen molar-refractivity contribution in [1.29, 1.82) is 5.26 Å². The number of esters is 1. The van der Waals surface area contributed by atoms with Gasteiger partial charge in [0.25, 0.3) is 0 Å². The van der Waals surface area contributed by atoms with Crippen LogP contribution in [0.4, 0.5) is 4.79 Å². The molecular formula is C28H31N5O5. The Bertz CT molecular complexity index is 1320. The fourth-order valence-electron chi connectivity index (χ4n) is 4.26. The minimum absolute atomic E-state index is 0.0780. The molecule has 10 heteroatoms. The molecule has 0 unspecified atom stereocenters. The molecule has 1 atom stereocenters. The molecule has 1 fully saturated rings. The van der Waals surface area contributed by atoms with E-state index in [2.05, 4.69) is 11.1 Å². The first-order valence-electron chi connectivity index (χ1n) is 12.6. The van der Waals surface area contributed by atoms with Gasteiger partial charge in [-0.25, -0.2) is 14.6 Å². The van der Waals surface area contributed by atoms with Crippen molar-refractivity contribution in [3.05, 3.63) is 59.9 Å². The van der Waals surface area contributed by atoms with E-state index in [9.17, 15) is 14.9 Å². The number of hydrogen-bond acceptors (Lipinski definition) is 8. The Balaban J connectivity index is 1.67. The van der Waals surface area contributed by atoms with Crippen molar-refractivity contribution in [3.8, 4) is 29.0 Å². The van der Waals surface area contributed by atoms with Gasteiger partial charge in [-0.3, -0.25) is 4.68 Å².